The molecular weight excluding hydrogens is 369 g/mol. The van der Waals surface area contributed by atoms with E-state index in [4.69, 9.17) is 4.74 Å². The second-order valence-corrected chi connectivity index (χ2v) is 7.24. The fourth-order valence-electron chi connectivity index (χ4n) is 3.03. The topological polar surface area (TPSA) is 71.5 Å². The van der Waals surface area contributed by atoms with Crippen molar-refractivity contribution in [1.82, 2.24) is 9.88 Å². The van der Waals surface area contributed by atoms with Gasteiger partial charge in [-0.15, -0.1) is 11.3 Å². The van der Waals surface area contributed by atoms with Crippen LogP contribution in [0, 0.1) is 11.7 Å². The molecule has 27 heavy (non-hydrogen) atoms. The lowest BCUT2D eigenvalue weighted by Gasteiger charge is -2.31. The minimum absolute atomic E-state index is 0.0392. The van der Waals surface area contributed by atoms with E-state index >= 15 is 0 Å². The summed E-state index contributed by atoms with van der Waals surface area (Å²) in [5.74, 6) is -0.806. The Morgan fingerprint density at radius 2 is 2.15 bits per heavy atom. The van der Waals surface area contributed by atoms with Gasteiger partial charge in [0.25, 0.3) is 0 Å². The van der Waals surface area contributed by atoms with Crippen LogP contribution in [0.15, 0.2) is 29.6 Å². The third-order valence-electron chi connectivity index (χ3n) is 4.37. The van der Waals surface area contributed by atoms with E-state index in [1.807, 2.05) is 5.38 Å². The summed E-state index contributed by atoms with van der Waals surface area (Å²) in [7, 11) is 0. The number of likely N-dealkylation sites (tertiary alicyclic amines) is 1. The number of ether oxygens (including phenoxy) is 1. The van der Waals surface area contributed by atoms with E-state index in [1.54, 1.807) is 24.0 Å². The molecule has 1 fully saturated rings. The van der Waals surface area contributed by atoms with Crippen molar-refractivity contribution in [2.24, 2.45) is 5.92 Å². The van der Waals surface area contributed by atoms with Crippen molar-refractivity contribution < 1.29 is 18.7 Å². The highest BCUT2D eigenvalue weighted by Gasteiger charge is 2.29. The Balaban J connectivity index is 1.55. The first-order valence-electron chi connectivity index (χ1n) is 8.96. The summed E-state index contributed by atoms with van der Waals surface area (Å²) in [5, 5.41) is 5.57. The molecular formula is C19H22FN3O3S. The number of halogens is 1. The first-order chi connectivity index (χ1) is 13.0. The molecule has 1 unspecified atom stereocenters. The van der Waals surface area contributed by atoms with E-state index in [1.165, 1.54) is 23.5 Å². The van der Waals surface area contributed by atoms with Crippen LogP contribution in [0.5, 0.6) is 0 Å². The fraction of sp³-hybridized carbons (Fsp3) is 0.421. The van der Waals surface area contributed by atoms with Gasteiger partial charge in [0.15, 0.2) is 5.13 Å². The van der Waals surface area contributed by atoms with Crippen LogP contribution in [0.3, 0.4) is 0 Å². The number of hydrogen-bond donors (Lipinski definition) is 1. The maximum Gasteiger partial charge on any atom is 0.310 e. The zero-order valence-corrected chi connectivity index (χ0v) is 15.9. The van der Waals surface area contributed by atoms with Gasteiger partial charge < -0.3 is 15.0 Å². The number of nitrogens with zero attached hydrogens (tertiary/aromatic N) is 2. The Hall–Kier alpha value is -2.48. The number of piperidine rings is 1. The van der Waals surface area contributed by atoms with Crippen LogP contribution < -0.4 is 5.32 Å². The summed E-state index contributed by atoms with van der Waals surface area (Å²) in [6.07, 6.45) is 1.74. The smallest absolute Gasteiger partial charge is 0.310 e. The van der Waals surface area contributed by atoms with Crippen molar-refractivity contribution >= 4 is 34.0 Å². The number of carbonyl (C=O) groups is 2. The van der Waals surface area contributed by atoms with Crippen LogP contribution >= 0.6 is 11.3 Å². The van der Waals surface area contributed by atoms with Crippen LogP contribution in [0.1, 0.15) is 25.5 Å². The van der Waals surface area contributed by atoms with E-state index in [0.717, 1.165) is 18.5 Å². The van der Waals surface area contributed by atoms with Crippen molar-refractivity contribution in [1.29, 1.82) is 0 Å². The number of anilines is 2. The third-order valence-corrected chi connectivity index (χ3v) is 5.18. The number of esters is 1. The van der Waals surface area contributed by atoms with Crippen LogP contribution in [0.4, 0.5) is 15.2 Å². The van der Waals surface area contributed by atoms with Gasteiger partial charge in [-0.3, -0.25) is 9.59 Å². The number of carbonyl (C=O) groups excluding carboxylic acids is 2. The largest absolute Gasteiger partial charge is 0.466 e. The fourth-order valence-corrected chi connectivity index (χ4v) is 3.76. The predicted octanol–water partition coefficient (Wildman–Crippen LogP) is 3.37. The average Bonchev–Trinajstić information content (AvgIpc) is 3.10. The molecule has 0 radical (unpaired) electrons. The Labute approximate surface area is 161 Å². The van der Waals surface area contributed by atoms with Gasteiger partial charge in [-0.1, -0.05) is 0 Å². The Kier molecular flexibility index (Phi) is 6.39. The first-order valence-corrected chi connectivity index (χ1v) is 9.84. The molecule has 0 bridgehead atoms. The standard InChI is InChI=1S/C19H22FN3O3S/c1-2-26-18(25)13-4-3-9-23(11-13)17(24)10-16-12-27-19(22-16)21-15-7-5-14(20)6-8-15/h5-8,12-13H,2-4,9-11H2,1H3,(H,21,22). The minimum Gasteiger partial charge on any atom is -0.466 e. The highest BCUT2D eigenvalue weighted by molar-refractivity contribution is 7.13. The molecule has 0 spiro atoms. The zero-order chi connectivity index (χ0) is 19.2. The lowest BCUT2D eigenvalue weighted by molar-refractivity contribution is -0.151. The van der Waals surface area contributed by atoms with Crippen LogP contribution in [-0.2, 0) is 20.7 Å². The van der Waals surface area contributed by atoms with Crippen LogP contribution in [-0.4, -0.2) is 41.5 Å². The van der Waals surface area contributed by atoms with Crippen LogP contribution in [0.25, 0.3) is 0 Å². The summed E-state index contributed by atoms with van der Waals surface area (Å²) in [4.78, 5) is 30.6. The number of aromatic nitrogens is 1. The molecule has 1 amide bonds. The molecule has 1 aromatic carbocycles. The SMILES string of the molecule is CCOC(=O)C1CCCN(C(=O)Cc2csc(Nc3ccc(F)cc3)n2)C1. The van der Waals surface area contributed by atoms with Crippen molar-refractivity contribution in [3.63, 3.8) is 0 Å². The highest BCUT2D eigenvalue weighted by atomic mass is 32.1. The molecule has 0 aliphatic carbocycles. The number of thiazole rings is 1. The molecule has 2 aromatic rings. The summed E-state index contributed by atoms with van der Waals surface area (Å²) in [6, 6.07) is 6.00. The maximum atomic E-state index is 13.0. The quantitative estimate of drug-likeness (QED) is 0.765. The second-order valence-electron chi connectivity index (χ2n) is 6.38. The molecule has 1 saturated heterocycles. The number of rotatable bonds is 6. The monoisotopic (exact) mass is 391 g/mol. The molecule has 6 nitrogen and oxygen atoms in total. The van der Waals surface area contributed by atoms with Gasteiger partial charge in [0.05, 0.1) is 24.6 Å². The molecule has 1 atom stereocenters. The molecule has 8 heteroatoms. The third kappa shape index (κ3) is 5.26. The molecule has 0 saturated carbocycles. The lowest BCUT2D eigenvalue weighted by atomic mass is 9.98. The van der Waals surface area contributed by atoms with Crippen molar-refractivity contribution in [2.75, 3.05) is 25.0 Å². The van der Waals surface area contributed by atoms with Gasteiger partial charge in [0, 0.05) is 24.2 Å². The van der Waals surface area contributed by atoms with Gasteiger partial charge in [-0.05, 0) is 44.0 Å². The Morgan fingerprint density at radius 3 is 2.89 bits per heavy atom. The molecule has 1 aromatic heterocycles. The van der Waals surface area contributed by atoms with E-state index in [0.29, 0.717) is 30.5 Å². The summed E-state index contributed by atoms with van der Waals surface area (Å²) >= 11 is 1.39. The predicted molar refractivity (Wildman–Crippen MR) is 101 cm³/mol. The van der Waals surface area contributed by atoms with Gasteiger partial charge in [-0.25, -0.2) is 9.37 Å². The molecule has 2 heterocycles. The summed E-state index contributed by atoms with van der Waals surface area (Å²) < 4.78 is 18.0. The first kappa shape index (κ1) is 19.3. The maximum absolute atomic E-state index is 13.0. The lowest BCUT2D eigenvalue weighted by Crippen LogP contribution is -2.43. The molecule has 144 valence electrons. The van der Waals surface area contributed by atoms with Gasteiger partial charge in [-0.2, -0.15) is 0 Å². The van der Waals surface area contributed by atoms with Gasteiger partial charge in [0.1, 0.15) is 5.82 Å². The number of nitrogens with one attached hydrogen (secondary N) is 1. The zero-order valence-electron chi connectivity index (χ0n) is 15.1. The molecule has 1 N–H and O–H groups in total. The number of benzene rings is 1. The van der Waals surface area contributed by atoms with E-state index < -0.39 is 0 Å². The molecule has 1 aliphatic rings. The van der Waals surface area contributed by atoms with E-state index in [2.05, 4.69) is 10.3 Å². The van der Waals surface area contributed by atoms with Gasteiger partial charge >= 0.3 is 5.97 Å². The van der Waals surface area contributed by atoms with Crippen molar-refractivity contribution in [3.05, 3.63) is 41.2 Å². The normalized spacial score (nSPS) is 16.8. The second kappa shape index (κ2) is 8.94. The van der Waals surface area contributed by atoms with Gasteiger partial charge in [0.2, 0.25) is 5.91 Å². The Bertz CT molecular complexity index is 794. The van der Waals surface area contributed by atoms with Crippen LogP contribution in [0.2, 0.25) is 0 Å². The highest BCUT2D eigenvalue weighted by Crippen LogP contribution is 2.23. The number of amides is 1. The summed E-state index contributed by atoms with van der Waals surface area (Å²) in [5.41, 5.74) is 1.41. The average molecular weight is 391 g/mol. The van der Waals surface area contributed by atoms with Crippen molar-refractivity contribution in [2.45, 2.75) is 26.2 Å². The minimum atomic E-state index is -0.298. The van der Waals surface area contributed by atoms with Crippen molar-refractivity contribution in [3.8, 4) is 0 Å². The molecule has 1 aliphatic heterocycles. The van der Waals surface area contributed by atoms with E-state index in [9.17, 15) is 14.0 Å². The molecule has 3 rings (SSSR count). The van der Waals surface area contributed by atoms with E-state index in [-0.39, 0.29) is 30.0 Å². The Morgan fingerprint density at radius 1 is 1.37 bits per heavy atom. The number of hydrogen-bond acceptors (Lipinski definition) is 6. The summed E-state index contributed by atoms with van der Waals surface area (Å²) in [6.45, 7) is 3.19.